The highest BCUT2D eigenvalue weighted by molar-refractivity contribution is 5.93. The molecule has 0 bridgehead atoms. The minimum Gasteiger partial charge on any atom is -0.493 e. The lowest BCUT2D eigenvalue weighted by Crippen LogP contribution is -2.34. The first-order chi connectivity index (χ1) is 13.0. The molecule has 0 radical (unpaired) electrons. The summed E-state index contributed by atoms with van der Waals surface area (Å²) in [5.74, 6) is 0.674. The van der Waals surface area contributed by atoms with E-state index in [0.717, 1.165) is 5.56 Å². The summed E-state index contributed by atoms with van der Waals surface area (Å²) in [5, 5.41) is 5.49. The van der Waals surface area contributed by atoms with Gasteiger partial charge in [0.2, 0.25) is 5.91 Å². The van der Waals surface area contributed by atoms with Crippen molar-refractivity contribution in [2.45, 2.75) is 6.42 Å². The first-order valence-corrected chi connectivity index (χ1v) is 8.32. The van der Waals surface area contributed by atoms with Crippen LogP contribution in [0.3, 0.4) is 0 Å². The van der Waals surface area contributed by atoms with E-state index in [2.05, 4.69) is 15.6 Å². The lowest BCUT2D eigenvalue weighted by Gasteiger charge is -2.10. The number of hydrogen-bond acceptors (Lipinski definition) is 4. The lowest BCUT2D eigenvalue weighted by atomic mass is 10.1. The summed E-state index contributed by atoms with van der Waals surface area (Å²) in [7, 11) is 3.17. The molecule has 7 nitrogen and oxygen atoms in total. The van der Waals surface area contributed by atoms with Gasteiger partial charge in [-0.1, -0.05) is 12.1 Å². The molecule has 4 N–H and O–H groups in total. The van der Waals surface area contributed by atoms with E-state index in [1.165, 1.54) is 18.2 Å². The topological polar surface area (TPSA) is 98.0 Å². The molecule has 0 aromatic heterocycles. The van der Waals surface area contributed by atoms with Crippen molar-refractivity contribution in [2.24, 2.45) is 10.7 Å². The second-order valence-electron chi connectivity index (χ2n) is 5.63. The van der Waals surface area contributed by atoms with E-state index >= 15 is 0 Å². The van der Waals surface area contributed by atoms with Crippen molar-refractivity contribution in [1.29, 1.82) is 0 Å². The fourth-order valence-corrected chi connectivity index (χ4v) is 2.35. The maximum absolute atomic E-state index is 13.1. The molecule has 144 valence electrons. The number of amides is 1. The van der Waals surface area contributed by atoms with Crippen LogP contribution in [0.4, 0.5) is 10.1 Å². The van der Waals surface area contributed by atoms with Crippen LogP contribution in [-0.2, 0) is 11.2 Å². The van der Waals surface area contributed by atoms with E-state index in [9.17, 15) is 9.18 Å². The number of anilines is 1. The molecule has 8 heteroatoms. The largest absolute Gasteiger partial charge is 0.493 e. The summed E-state index contributed by atoms with van der Waals surface area (Å²) in [6.45, 7) is 0.377. The van der Waals surface area contributed by atoms with Gasteiger partial charge >= 0.3 is 0 Å². The van der Waals surface area contributed by atoms with Gasteiger partial charge in [0, 0.05) is 12.2 Å². The maximum atomic E-state index is 13.1. The molecule has 0 aliphatic heterocycles. The zero-order valence-electron chi connectivity index (χ0n) is 15.3. The van der Waals surface area contributed by atoms with Gasteiger partial charge in [-0.3, -0.25) is 4.79 Å². The highest BCUT2D eigenvalue weighted by atomic mass is 19.1. The van der Waals surface area contributed by atoms with Crippen molar-refractivity contribution in [3.8, 4) is 11.5 Å². The van der Waals surface area contributed by atoms with E-state index in [-0.39, 0.29) is 18.4 Å². The van der Waals surface area contributed by atoms with Gasteiger partial charge in [0.15, 0.2) is 17.5 Å². The number of carbonyl (C=O) groups excluding carboxylic acids is 1. The Morgan fingerprint density at radius 3 is 2.63 bits per heavy atom. The Balaban J connectivity index is 1.78. The van der Waals surface area contributed by atoms with E-state index < -0.39 is 5.82 Å². The Hall–Kier alpha value is -3.29. The van der Waals surface area contributed by atoms with E-state index in [4.69, 9.17) is 15.2 Å². The first kappa shape index (κ1) is 20.0. The molecule has 2 rings (SSSR count). The van der Waals surface area contributed by atoms with Crippen molar-refractivity contribution in [1.82, 2.24) is 5.32 Å². The molecule has 0 fully saturated rings. The van der Waals surface area contributed by atoms with Crippen LogP contribution in [0.25, 0.3) is 0 Å². The number of nitrogens with zero attached hydrogens (tertiary/aromatic N) is 1. The molecular formula is C19H23FN4O3. The van der Waals surface area contributed by atoms with Crippen LogP contribution in [0.5, 0.6) is 11.5 Å². The van der Waals surface area contributed by atoms with Gasteiger partial charge in [0.25, 0.3) is 0 Å². The number of ether oxygens (including phenoxy) is 2. The van der Waals surface area contributed by atoms with Crippen molar-refractivity contribution in [3.05, 3.63) is 53.8 Å². The van der Waals surface area contributed by atoms with E-state index in [1.807, 2.05) is 18.2 Å². The Bertz CT molecular complexity index is 811. The molecule has 0 heterocycles. The van der Waals surface area contributed by atoms with Crippen molar-refractivity contribution < 1.29 is 18.7 Å². The van der Waals surface area contributed by atoms with Crippen LogP contribution in [-0.4, -0.2) is 39.2 Å². The summed E-state index contributed by atoms with van der Waals surface area (Å²) < 4.78 is 23.5. The van der Waals surface area contributed by atoms with Crippen molar-refractivity contribution >= 4 is 17.6 Å². The number of benzene rings is 2. The molecule has 0 unspecified atom stereocenters. The molecule has 27 heavy (non-hydrogen) atoms. The number of rotatable bonds is 8. The third-order valence-electron chi connectivity index (χ3n) is 3.67. The molecule has 0 aliphatic carbocycles. The molecule has 0 atom stereocenters. The summed E-state index contributed by atoms with van der Waals surface area (Å²) in [6, 6.07) is 11.3. The molecule has 2 aromatic carbocycles. The van der Waals surface area contributed by atoms with E-state index in [0.29, 0.717) is 30.2 Å². The molecule has 0 aliphatic rings. The second kappa shape index (κ2) is 10.0. The highest BCUT2D eigenvalue weighted by Crippen LogP contribution is 2.27. The summed E-state index contributed by atoms with van der Waals surface area (Å²) >= 11 is 0. The number of halogens is 1. The van der Waals surface area contributed by atoms with Gasteiger partial charge in [-0.05, 0) is 42.3 Å². The monoisotopic (exact) mass is 374 g/mol. The Morgan fingerprint density at radius 2 is 1.93 bits per heavy atom. The smallest absolute Gasteiger partial charge is 0.246 e. The summed E-state index contributed by atoms with van der Waals surface area (Å²) in [6.07, 6.45) is 0.687. The molecule has 0 spiro atoms. The number of aliphatic imine (C=N–C) groups is 1. The SMILES string of the molecule is COc1ccc(CCNC(N)=NCC(=O)Nc2cccc(F)c2)cc1OC. The van der Waals surface area contributed by atoms with Crippen LogP contribution >= 0.6 is 0 Å². The lowest BCUT2D eigenvalue weighted by molar-refractivity contribution is -0.114. The van der Waals surface area contributed by atoms with Gasteiger partial charge in [-0.25, -0.2) is 9.38 Å². The van der Waals surface area contributed by atoms with Crippen molar-refractivity contribution in [2.75, 3.05) is 32.6 Å². The Morgan fingerprint density at radius 1 is 1.15 bits per heavy atom. The van der Waals surface area contributed by atoms with Gasteiger partial charge < -0.3 is 25.8 Å². The fourth-order valence-electron chi connectivity index (χ4n) is 2.35. The zero-order chi connectivity index (χ0) is 19.6. The third kappa shape index (κ3) is 6.50. The average Bonchev–Trinajstić information content (AvgIpc) is 2.66. The highest BCUT2D eigenvalue weighted by Gasteiger charge is 2.05. The maximum Gasteiger partial charge on any atom is 0.246 e. The normalized spacial score (nSPS) is 11.0. The predicted molar refractivity (Wildman–Crippen MR) is 103 cm³/mol. The third-order valence-corrected chi connectivity index (χ3v) is 3.67. The zero-order valence-corrected chi connectivity index (χ0v) is 15.3. The number of hydrogen-bond donors (Lipinski definition) is 3. The quantitative estimate of drug-likeness (QED) is 0.484. The minimum absolute atomic E-state index is 0.157. The number of guanidine groups is 1. The Kier molecular flexibility index (Phi) is 7.42. The van der Waals surface area contributed by atoms with Crippen LogP contribution in [0.1, 0.15) is 5.56 Å². The summed E-state index contributed by atoms with van der Waals surface area (Å²) in [4.78, 5) is 15.8. The number of nitrogens with one attached hydrogen (secondary N) is 2. The number of nitrogens with two attached hydrogens (primary N) is 1. The average molecular weight is 374 g/mol. The second-order valence-corrected chi connectivity index (χ2v) is 5.63. The molecule has 0 saturated heterocycles. The number of methoxy groups -OCH3 is 2. The van der Waals surface area contributed by atoms with Crippen LogP contribution in [0.15, 0.2) is 47.5 Å². The minimum atomic E-state index is -0.423. The Labute approximate surface area is 157 Å². The van der Waals surface area contributed by atoms with Gasteiger partial charge in [-0.2, -0.15) is 0 Å². The van der Waals surface area contributed by atoms with E-state index in [1.54, 1.807) is 20.3 Å². The van der Waals surface area contributed by atoms with Crippen molar-refractivity contribution in [3.63, 3.8) is 0 Å². The first-order valence-electron chi connectivity index (χ1n) is 8.32. The molecular weight excluding hydrogens is 351 g/mol. The predicted octanol–water partition coefficient (Wildman–Crippen LogP) is 1.93. The van der Waals surface area contributed by atoms with Crippen LogP contribution < -0.4 is 25.8 Å². The van der Waals surface area contributed by atoms with Crippen LogP contribution in [0.2, 0.25) is 0 Å². The van der Waals surface area contributed by atoms with Crippen LogP contribution in [0, 0.1) is 5.82 Å². The molecule has 2 aromatic rings. The molecule has 1 amide bonds. The fraction of sp³-hybridized carbons (Fsp3) is 0.263. The standard InChI is InChI=1S/C19H23FN4O3/c1-26-16-7-6-13(10-17(16)27-2)8-9-22-19(21)23-12-18(25)24-15-5-3-4-14(20)11-15/h3-7,10-11H,8-9,12H2,1-2H3,(H,24,25)(H3,21,22,23). The number of carbonyl (C=O) groups is 1. The van der Waals surface area contributed by atoms with Gasteiger partial charge in [-0.15, -0.1) is 0 Å². The van der Waals surface area contributed by atoms with Gasteiger partial charge in [0.05, 0.1) is 14.2 Å². The van der Waals surface area contributed by atoms with Gasteiger partial charge in [0.1, 0.15) is 12.4 Å². The summed E-state index contributed by atoms with van der Waals surface area (Å²) in [5.41, 5.74) is 7.17. The molecule has 0 saturated carbocycles.